The minimum atomic E-state index is 0.109. The minimum absolute atomic E-state index is 0.109. The Balaban J connectivity index is 2.37. The average molecular weight is 270 g/mol. The van der Waals surface area contributed by atoms with Gasteiger partial charge in [0.2, 0.25) is 0 Å². The largest absolute Gasteiger partial charge is 0.312 e. The Hall–Kier alpha value is -1.87. The lowest BCUT2D eigenvalue weighted by atomic mass is 10.1. The fourth-order valence-electron chi connectivity index (χ4n) is 2.33. The first-order valence-corrected chi connectivity index (χ1v) is 7.26. The van der Waals surface area contributed by atoms with Crippen molar-refractivity contribution < 1.29 is 0 Å². The van der Waals surface area contributed by atoms with Crippen molar-refractivity contribution in [3.63, 3.8) is 0 Å². The Kier molecular flexibility index (Phi) is 5.13. The number of nitrogens with one attached hydrogen (secondary N) is 1. The number of benzene rings is 1. The molecule has 0 saturated carbocycles. The van der Waals surface area contributed by atoms with E-state index in [1.807, 2.05) is 54.0 Å². The standard InChI is InChI=1S/C17H22N2O/c1-3-12-18-13-15-10-11-16(19(4-2)17(15)20)14-8-6-5-7-9-14/h5-11,18H,3-4,12-13H2,1-2H3. The summed E-state index contributed by atoms with van der Waals surface area (Å²) in [6.07, 6.45) is 1.07. The first kappa shape index (κ1) is 14.5. The molecule has 0 radical (unpaired) electrons. The molecule has 0 spiro atoms. The van der Waals surface area contributed by atoms with E-state index in [1.54, 1.807) is 0 Å². The van der Waals surface area contributed by atoms with Gasteiger partial charge in [-0.1, -0.05) is 43.3 Å². The van der Waals surface area contributed by atoms with Crippen LogP contribution in [0.2, 0.25) is 0 Å². The van der Waals surface area contributed by atoms with Gasteiger partial charge >= 0.3 is 0 Å². The van der Waals surface area contributed by atoms with Crippen molar-refractivity contribution in [3.8, 4) is 11.3 Å². The molecule has 0 fully saturated rings. The molecule has 0 aliphatic carbocycles. The van der Waals surface area contributed by atoms with Crippen LogP contribution in [-0.4, -0.2) is 11.1 Å². The summed E-state index contributed by atoms with van der Waals surface area (Å²) in [5, 5.41) is 3.29. The van der Waals surface area contributed by atoms with E-state index in [-0.39, 0.29) is 5.56 Å². The van der Waals surface area contributed by atoms with Crippen LogP contribution in [0, 0.1) is 0 Å². The number of rotatable bonds is 6. The maximum Gasteiger partial charge on any atom is 0.255 e. The molecule has 0 amide bonds. The van der Waals surface area contributed by atoms with Gasteiger partial charge in [0.1, 0.15) is 0 Å². The summed E-state index contributed by atoms with van der Waals surface area (Å²) >= 11 is 0. The van der Waals surface area contributed by atoms with Crippen LogP contribution in [0.4, 0.5) is 0 Å². The van der Waals surface area contributed by atoms with Crippen LogP contribution in [0.1, 0.15) is 25.8 Å². The van der Waals surface area contributed by atoms with Gasteiger partial charge in [-0.2, -0.15) is 0 Å². The van der Waals surface area contributed by atoms with Crippen molar-refractivity contribution in [1.29, 1.82) is 0 Å². The number of aromatic nitrogens is 1. The first-order valence-electron chi connectivity index (χ1n) is 7.26. The Morgan fingerprint density at radius 2 is 1.80 bits per heavy atom. The molecular weight excluding hydrogens is 248 g/mol. The molecule has 0 aliphatic heterocycles. The predicted octanol–water partition coefficient (Wildman–Crippen LogP) is 3.03. The smallest absolute Gasteiger partial charge is 0.255 e. The number of hydrogen-bond acceptors (Lipinski definition) is 2. The molecule has 0 aliphatic rings. The lowest BCUT2D eigenvalue weighted by molar-refractivity contribution is 0.654. The van der Waals surface area contributed by atoms with E-state index in [0.717, 1.165) is 29.8 Å². The second-order valence-electron chi connectivity index (χ2n) is 4.84. The molecule has 0 unspecified atom stereocenters. The highest BCUT2D eigenvalue weighted by atomic mass is 16.1. The van der Waals surface area contributed by atoms with Crippen LogP contribution in [-0.2, 0) is 13.1 Å². The van der Waals surface area contributed by atoms with Crippen LogP contribution in [0.25, 0.3) is 11.3 Å². The molecular formula is C17H22N2O. The summed E-state index contributed by atoms with van der Waals surface area (Å²) in [5.41, 5.74) is 3.01. The maximum absolute atomic E-state index is 12.5. The highest BCUT2D eigenvalue weighted by molar-refractivity contribution is 5.59. The third-order valence-electron chi connectivity index (χ3n) is 3.38. The van der Waals surface area contributed by atoms with E-state index in [0.29, 0.717) is 13.1 Å². The zero-order chi connectivity index (χ0) is 14.4. The number of nitrogens with zero attached hydrogens (tertiary/aromatic N) is 1. The molecule has 0 bridgehead atoms. The van der Waals surface area contributed by atoms with E-state index in [1.165, 1.54) is 0 Å². The van der Waals surface area contributed by atoms with Gasteiger partial charge in [0.05, 0.1) is 5.69 Å². The van der Waals surface area contributed by atoms with Crippen molar-refractivity contribution >= 4 is 0 Å². The van der Waals surface area contributed by atoms with E-state index in [2.05, 4.69) is 12.2 Å². The maximum atomic E-state index is 12.5. The summed E-state index contributed by atoms with van der Waals surface area (Å²) in [6, 6.07) is 14.0. The molecule has 1 heterocycles. The topological polar surface area (TPSA) is 34.0 Å². The van der Waals surface area contributed by atoms with Gasteiger partial charge in [0.25, 0.3) is 5.56 Å². The second-order valence-corrected chi connectivity index (χ2v) is 4.84. The molecule has 2 aromatic rings. The summed E-state index contributed by atoms with van der Waals surface area (Å²) < 4.78 is 1.85. The lowest BCUT2D eigenvalue weighted by Crippen LogP contribution is -2.28. The zero-order valence-corrected chi connectivity index (χ0v) is 12.2. The lowest BCUT2D eigenvalue weighted by Gasteiger charge is -2.13. The summed E-state index contributed by atoms with van der Waals surface area (Å²) in [7, 11) is 0. The van der Waals surface area contributed by atoms with Gasteiger partial charge in [-0.05, 0) is 31.5 Å². The molecule has 1 aromatic heterocycles. The van der Waals surface area contributed by atoms with Crippen LogP contribution in [0.3, 0.4) is 0 Å². The van der Waals surface area contributed by atoms with Gasteiger partial charge in [-0.25, -0.2) is 0 Å². The molecule has 0 saturated heterocycles. The van der Waals surface area contributed by atoms with Crippen LogP contribution >= 0.6 is 0 Å². The molecule has 0 atom stereocenters. The zero-order valence-electron chi connectivity index (χ0n) is 12.2. The van der Waals surface area contributed by atoms with Crippen molar-refractivity contribution in [2.24, 2.45) is 0 Å². The molecule has 1 aromatic carbocycles. The first-order chi connectivity index (χ1) is 9.77. The molecule has 106 valence electrons. The number of pyridine rings is 1. The minimum Gasteiger partial charge on any atom is -0.312 e. The van der Waals surface area contributed by atoms with Crippen LogP contribution < -0.4 is 10.9 Å². The van der Waals surface area contributed by atoms with Crippen molar-refractivity contribution in [2.45, 2.75) is 33.4 Å². The summed E-state index contributed by atoms with van der Waals surface area (Å²) in [6.45, 7) is 6.39. The Labute approximate surface area is 120 Å². The van der Waals surface area contributed by atoms with Crippen LogP contribution in [0.5, 0.6) is 0 Å². The van der Waals surface area contributed by atoms with E-state index >= 15 is 0 Å². The van der Waals surface area contributed by atoms with Crippen molar-refractivity contribution in [1.82, 2.24) is 9.88 Å². The van der Waals surface area contributed by atoms with Crippen molar-refractivity contribution in [2.75, 3.05) is 6.54 Å². The number of hydrogen-bond donors (Lipinski definition) is 1. The Morgan fingerprint density at radius 3 is 2.45 bits per heavy atom. The average Bonchev–Trinajstić information content (AvgIpc) is 2.49. The Bertz CT molecular complexity index is 602. The highest BCUT2D eigenvalue weighted by Crippen LogP contribution is 2.17. The SMILES string of the molecule is CCCNCc1ccc(-c2ccccc2)n(CC)c1=O. The summed E-state index contributed by atoms with van der Waals surface area (Å²) in [5.74, 6) is 0. The monoisotopic (exact) mass is 270 g/mol. The fourth-order valence-corrected chi connectivity index (χ4v) is 2.33. The fraction of sp³-hybridized carbons (Fsp3) is 0.353. The van der Waals surface area contributed by atoms with Gasteiger partial charge < -0.3 is 9.88 Å². The van der Waals surface area contributed by atoms with Crippen molar-refractivity contribution in [3.05, 3.63) is 58.4 Å². The molecule has 3 nitrogen and oxygen atoms in total. The van der Waals surface area contributed by atoms with Gasteiger partial charge in [0.15, 0.2) is 0 Å². The van der Waals surface area contributed by atoms with Gasteiger partial charge in [0, 0.05) is 18.7 Å². The normalized spacial score (nSPS) is 10.7. The van der Waals surface area contributed by atoms with Gasteiger partial charge in [-0.15, -0.1) is 0 Å². The second kappa shape index (κ2) is 7.06. The van der Waals surface area contributed by atoms with Crippen LogP contribution in [0.15, 0.2) is 47.3 Å². The molecule has 2 rings (SSSR count). The highest BCUT2D eigenvalue weighted by Gasteiger charge is 2.08. The Morgan fingerprint density at radius 1 is 1.05 bits per heavy atom. The molecule has 20 heavy (non-hydrogen) atoms. The van der Waals surface area contributed by atoms with E-state index < -0.39 is 0 Å². The summed E-state index contributed by atoms with van der Waals surface area (Å²) in [4.78, 5) is 12.5. The van der Waals surface area contributed by atoms with E-state index in [4.69, 9.17) is 0 Å². The predicted molar refractivity (Wildman–Crippen MR) is 83.8 cm³/mol. The van der Waals surface area contributed by atoms with E-state index in [9.17, 15) is 4.79 Å². The third-order valence-corrected chi connectivity index (χ3v) is 3.38. The molecule has 3 heteroatoms. The van der Waals surface area contributed by atoms with Gasteiger partial charge in [-0.3, -0.25) is 4.79 Å². The quantitative estimate of drug-likeness (QED) is 0.819. The third kappa shape index (κ3) is 3.17. The molecule has 1 N–H and O–H groups in total.